The van der Waals surface area contributed by atoms with Gasteiger partial charge in [-0.15, -0.1) is 6.58 Å². The first-order valence-electron chi connectivity index (χ1n) is 9.49. The van der Waals surface area contributed by atoms with Crippen molar-refractivity contribution in [1.82, 2.24) is 9.78 Å². The highest BCUT2D eigenvalue weighted by Gasteiger charge is 2.51. The molecule has 2 aliphatic rings. The van der Waals surface area contributed by atoms with E-state index in [2.05, 4.69) is 49.1 Å². The number of aryl methyl sites for hydroxylation is 2. The predicted molar refractivity (Wildman–Crippen MR) is 104 cm³/mol. The van der Waals surface area contributed by atoms with Gasteiger partial charge in [-0.2, -0.15) is 5.10 Å². The molecule has 136 valence electrons. The van der Waals surface area contributed by atoms with E-state index in [4.69, 9.17) is 0 Å². The number of carbonyl (C=O) groups is 1. The Labute approximate surface area is 155 Å². The van der Waals surface area contributed by atoms with Crippen molar-refractivity contribution < 1.29 is 4.79 Å². The van der Waals surface area contributed by atoms with Gasteiger partial charge in [0.1, 0.15) is 0 Å². The van der Waals surface area contributed by atoms with Crippen molar-refractivity contribution in [1.29, 1.82) is 0 Å². The molecule has 1 heterocycles. The van der Waals surface area contributed by atoms with Crippen molar-refractivity contribution in [2.75, 3.05) is 5.32 Å². The van der Waals surface area contributed by atoms with Gasteiger partial charge in [0.2, 0.25) is 0 Å². The minimum absolute atomic E-state index is 0.0812. The predicted octanol–water partition coefficient (Wildman–Crippen LogP) is 4.64. The minimum atomic E-state index is -0.0812. The van der Waals surface area contributed by atoms with Crippen LogP contribution in [0.5, 0.6) is 0 Å². The van der Waals surface area contributed by atoms with Gasteiger partial charge in [0.05, 0.1) is 11.3 Å². The number of nitrogens with one attached hydrogen (secondary N) is 1. The Hall–Kier alpha value is -2.36. The maximum absolute atomic E-state index is 12.8. The van der Waals surface area contributed by atoms with Gasteiger partial charge in [0, 0.05) is 18.9 Å². The highest BCUT2D eigenvalue weighted by molar-refractivity contribution is 6.05. The van der Waals surface area contributed by atoms with Crippen molar-refractivity contribution in [3.05, 3.63) is 59.4 Å². The molecule has 1 saturated carbocycles. The van der Waals surface area contributed by atoms with Crippen LogP contribution < -0.4 is 5.32 Å². The molecular weight excluding hydrogens is 322 g/mol. The van der Waals surface area contributed by atoms with Gasteiger partial charge in [-0.3, -0.25) is 9.48 Å². The molecule has 3 unspecified atom stereocenters. The Kier molecular flexibility index (Phi) is 4.02. The van der Waals surface area contributed by atoms with Gasteiger partial charge >= 0.3 is 0 Å². The maximum Gasteiger partial charge on any atom is 0.259 e. The standard InChI is InChI=1S/C22H27N3O/c1-6-14-17-10-16(12(2)3)20(14)15-8-7-9-19(21(15)17)23-22(26)18-11-25(5)24-13(18)4/h6-9,11-12,14,16-17,20H,1,10H2,2-5H3,(H,23,26)/t14?,16-,17?,20?/m0/s1. The van der Waals surface area contributed by atoms with E-state index in [1.807, 2.05) is 20.0 Å². The maximum atomic E-state index is 12.8. The summed E-state index contributed by atoms with van der Waals surface area (Å²) >= 11 is 0. The van der Waals surface area contributed by atoms with Crippen LogP contribution in [0.2, 0.25) is 0 Å². The van der Waals surface area contributed by atoms with Crippen LogP contribution in [-0.4, -0.2) is 15.7 Å². The molecule has 1 amide bonds. The molecule has 1 fully saturated rings. The fourth-order valence-electron chi connectivity index (χ4n) is 5.29. The van der Waals surface area contributed by atoms with Gasteiger partial charge in [-0.25, -0.2) is 0 Å². The topological polar surface area (TPSA) is 46.9 Å². The lowest BCUT2D eigenvalue weighted by Crippen LogP contribution is -2.19. The van der Waals surface area contributed by atoms with E-state index >= 15 is 0 Å². The second kappa shape index (κ2) is 6.11. The quantitative estimate of drug-likeness (QED) is 0.818. The van der Waals surface area contributed by atoms with E-state index in [9.17, 15) is 4.79 Å². The van der Waals surface area contributed by atoms with Crippen molar-refractivity contribution >= 4 is 11.6 Å². The van der Waals surface area contributed by atoms with E-state index in [-0.39, 0.29) is 5.91 Å². The third-order valence-electron chi connectivity index (χ3n) is 6.37. The van der Waals surface area contributed by atoms with E-state index in [1.165, 1.54) is 17.5 Å². The largest absolute Gasteiger partial charge is 0.322 e. The monoisotopic (exact) mass is 349 g/mol. The number of benzene rings is 1. The van der Waals surface area contributed by atoms with Crippen molar-refractivity contribution in [2.45, 2.75) is 39.0 Å². The summed E-state index contributed by atoms with van der Waals surface area (Å²) in [6.07, 6.45) is 5.10. The third-order valence-corrected chi connectivity index (χ3v) is 6.37. The number of aromatic nitrogens is 2. The third kappa shape index (κ3) is 2.43. The lowest BCUT2D eigenvalue weighted by atomic mass is 9.77. The van der Waals surface area contributed by atoms with Crippen LogP contribution in [0.4, 0.5) is 5.69 Å². The molecular formula is C22H27N3O. The first-order valence-corrected chi connectivity index (χ1v) is 9.49. The summed E-state index contributed by atoms with van der Waals surface area (Å²) < 4.78 is 1.68. The van der Waals surface area contributed by atoms with Crippen LogP contribution in [0.3, 0.4) is 0 Å². The number of allylic oxidation sites excluding steroid dienone is 1. The first-order chi connectivity index (χ1) is 12.4. The summed E-state index contributed by atoms with van der Waals surface area (Å²) in [5.74, 6) is 2.76. The van der Waals surface area contributed by atoms with Gasteiger partial charge in [0.15, 0.2) is 0 Å². The Bertz CT molecular complexity index is 880. The van der Waals surface area contributed by atoms with E-state index in [0.29, 0.717) is 35.2 Å². The Balaban J connectivity index is 1.70. The molecule has 2 bridgehead atoms. The van der Waals surface area contributed by atoms with E-state index < -0.39 is 0 Å². The molecule has 4 nitrogen and oxygen atoms in total. The molecule has 0 radical (unpaired) electrons. The normalized spacial score (nSPS) is 26.2. The molecule has 4 heteroatoms. The van der Waals surface area contributed by atoms with Gasteiger partial charge < -0.3 is 5.32 Å². The van der Waals surface area contributed by atoms with Crippen molar-refractivity contribution in [3.63, 3.8) is 0 Å². The number of fused-ring (bicyclic) bond motifs is 5. The summed E-state index contributed by atoms with van der Waals surface area (Å²) in [4.78, 5) is 12.8. The van der Waals surface area contributed by atoms with E-state index in [0.717, 1.165) is 11.4 Å². The Morgan fingerprint density at radius 3 is 2.81 bits per heavy atom. The van der Waals surface area contributed by atoms with Crippen LogP contribution in [0.25, 0.3) is 0 Å². The summed E-state index contributed by atoms with van der Waals surface area (Å²) in [7, 11) is 1.84. The smallest absolute Gasteiger partial charge is 0.259 e. The van der Waals surface area contributed by atoms with Crippen molar-refractivity contribution in [3.8, 4) is 0 Å². The Morgan fingerprint density at radius 2 is 2.19 bits per heavy atom. The molecule has 1 aromatic heterocycles. The molecule has 0 saturated heterocycles. The highest BCUT2D eigenvalue weighted by atomic mass is 16.1. The lowest BCUT2D eigenvalue weighted by molar-refractivity contribution is 0.102. The molecule has 0 spiro atoms. The molecule has 0 aliphatic heterocycles. The van der Waals surface area contributed by atoms with E-state index in [1.54, 1.807) is 10.9 Å². The molecule has 2 aliphatic carbocycles. The summed E-state index contributed by atoms with van der Waals surface area (Å²) in [5.41, 5.74) is 5.08. The average Bonchev–Trinajstić information content (AvgIpc) is 3.24. The fraction of sp³-hybridized carbons (Fsp3) is 0.455. The molecule has 1 N–H and O–H groups in total. The highest BCUT2D eigenvalue weighted by Crippen LogP contribution is 2.63. The number of rotatable bonds is 4. The second-order valence-corrected chi connectivity index (χ2v) is 8.15. The number of hydrogen-bond donors (Lipinski definition) is 1. The first kappa shape index (κ1) is 17.1. The fourth-order valence-corrected chi connectivity index (χ4v) is 5.29. The second-order valence-electron chi connectivity index (χ2n) is 8.15. The minimum Gasteiger partial charge on any atom is -0.322 e. The summed E-state index contributed by atoms with van der Waals surface area (Å²) in [6, 6.07) is 6.35. The lowest BCUT2D eigenvalue weighted by Gasteiger charge is -2.29. The molecule has 2 aromatic rings. The number of hydrogen-bond acceptors (Lipinski definition) is 2. The number of nitrogens with zero attached hydrogens (tertiary/aromatic N) is 2. The zero-order valence-electron chi connectivity index (χ0n) is 16.0. The van der Waals surface area contributed by atoms with Crippen LogP contribution in [0, 0.1) is 24.7 Å². The Morgan fingerprint density at radius 1 is 1.42 bits per heavy atom. The van der Waals surface area contributed by atoms with Gasteiger partial charge in [-0.05, 0) is 60.1 Å². The van der Waals surface area contributed by atoms with Crippen LogP contribution >= 0.6 is 0 Å². The summed E-state index contributed by atoms with van der Waals surface area (Å²) in [5, 5.41) is 7.44. The molecule has 1 aromatic carbocycles. The van der Waals surface area contributed by atoms with Gasteiger partial charge in [-0.1, -0.05) is 32.1 Å². The number of anilines is 1. The van der Waals surface area contributed by atoms with Gasteiger partial charge in [0.25, 0.3) is 5.91 Å². The van der Waals surface area contributed by atoms with Crippen LogP contribution in [-0.2, 0) is 7.05 Å². The zero-order valence-corrected chi connectivity index (χ0v) is 16.0. The zero-order chi connectivity index (χ0) is 18.6. The summed E-state index contributed by atoms with van der Waals surface area (Å²) in [6.45, 7) is 10.6. The number of carbonyl (C=O) groups excluding carboxylic acids is 1. The molecule has 26 heavy (non-hydrogen) atoms. The SMILES string of the molecule is C=CC1C2C[C@@H](C(C)C)C1c1cccc(NC(=O)c3cn(C)nc3C)c12. The van der Waals surface area contributed by atoms with Crippen LogP contribution in [0.1, 0.15) is 59.3 Å². The average molecular weight is 349 g/mol. The van der Waals surface area contributed by atoms with Crippen LogP contribution in [0.15, 0.2) is 37.1 Å². The van der Waals surface area contributed by atoms with Crippen molar-refractivity contribution in [2.24, 2.45) is 24.8 Å². The number of amides is 1. The molecule has 4 rings (SSSR count). The molecule has 4 atom stereocenters.